The molecule has 9 nitrogen and oxygen atoms in total. The summed E-state index contributed by atoms with van der Waals surface area (Å²) in [6.07, 6.45) is 0. The Hall–Kier alpha value is -3.74. The first kappa shape index (κ1) is 24.0. The van der Waals surface area contributed by atoms with E-state index in [0.717, 1.165) is 25.9 Å². The van der Waals surface area contributed by atoms with Crippen molar-refractivity contribution in [2.75, 3.05) is 22.1 Å². The van der Waals surface area contributed by atoms with Crippen LogP contribution in [0.4, 0.5) is 11.4 Å². The van der Waals surface area contributed by atoms with E-state index in [0.29, 0.717) is 10.8 Å². The Morgan fingerprint density at radius 1 is 0.833 bits per heavy atom. The van der Waals surface area contributed by atoms with E-state index in [2.05, 4.69) is 31.1 Å². The molecular weight excluding hydrogens is 515 g/mol. The number of thiazole rings is 1. The van der Waals surface area contributed by atoms with Crippen LogP contribution < -0.4 is 10.6 Å². The molecule has 2 amide bonds. The van der Waals surface area contributed by atoms with Crippen molar-refractivity contribution in [1.82, 2.24) is 25.2 Å². The van der Waals surface area contributed by atoms with Crippen molar-refractivity contribution in [3.05, 3.63) is 78.9 Å². The van der Waals surface area contributed by atoms with Crippen LogP contribution in [0.15, 0.2) is 88.4 Å². The summed E-state index contributed by atoms with van der Waals surface area (Å²) in [7, 11) is 0. The molecule has 36 heavy (non-hydrogen) atoms. The lowest BCUT2D eigenvalue weighted by atomic mass is 10.3. The molecule has 0 aliphatic carbocycles. The predicted molar refractivity (Wildman–Crippen MR) is 144 cm³/mol. The number of thioether (sulfide) groups is 2. The van der Waals surface area contributed by atoms with Gasteiger partial charge in [-0.3, -0.25) is 9.59 Å². The molecule has 0 atom stereocenters. The fourth-order valence-electron chi connectivity index (χ4n) is 3.22. The predicted octanol–water partition coefficient (Wildman–Crippen LogP) is 4.73. The fraction of sp³-hybridized carbons (Fsp3) is 0.0833. The van der Waals surface area contributed by atoms with Gasteiger partial charge in [0.15, 0.2) is 4.34 Å². The number of rotatable bonds is 9. The normalized spacial score (nSPS) is 10.9. The molecule has 0 fully saturated rings. The van der Waals surface area contributed by atoms with Gasteiger partial charge < -0.3 is 10.6 Å². The van der Waals surface area contributed by atoms with Crippen molar-refractivity contribution >= 4 is 68.3 Å². The number of carbonyl (C=O) groups is 2. The molecule has 0 aliphatic rings. The molecular formula is C24H19N7O2S3. The van der Waals surface area contributed by atoms with Crippen LogP contribution in [0.2, 0.25) is 0 Å². The minimum absolute atomic E-state index is 0.0887. The number of anilines is 2. The quantitative estimate of drug-likeness (QED) is 0.261. The van der Waals surface area contributed by atoms with Gasteiger partial charge in [0.1, 0.15) is 0 Å². The second kappa shape index (κ2) is 11.3. The Balaban J connectivity index is 1.15. The molecule has 12 heteroatoms. The number of tetrazole rings is 1. The average Bonchev–Trinajstić information content (AvgIpc) is 3.54. The van der Waals surface area contributed by atoms with E-state index in [9.17, 15) is 9.59 Å². The minimum atomic E-state index is -0.168. The Morgan fingerprint density at radius 3 is 2.31 bits per heavy atom. The molecule has 0 bridgehead atoms. The van der Waals surface area contributed by atoms with Crippen LogP contribution in [-0.2, 0) is 9.59 Å². The molecule has 2 aromatic heterocycles. The monoisotopic (exact) mass is 533 g/mol. The van der Waals surface area contributed by atoms with E-state index in [1.54, 1.807) is 4.68 Å². The number of hydrogen-bond acceptors (Lipinski definition) is 9. The van der Waals surface area contributed by atoms with Crippen molar-refractivity contribution in [2.45, 2.75) is 9.50 Å². The first-order valence-corrected chi connectivity index (χ1v) is 13.6. The van der Waals surface area contributed by atoms with Crippen molar-refractivity contribution in [3.8, 4) is 5.69 Å². The summed E-state index contributed by atoms with van der Waals surface area (Å²) in [4.78, 5) is 29.3. The van der Waals surface area contributed by atoms with Gasteiger partial charge in [0.25, 0.3) is 0 Å². The van der Waals surface area contributed by atoms with Gasteiger partial charge in [-0.2, -0.15) is 4.68 Å². The zero-order valence-corrected chi connectivity index (χ0v) is 21.1. The standard InChI is InChI=1S/C24H19N7O2S3/c32-21(14-34-23-28-29-30-31(23)18-9-5-2-6-10-18)26-17-11-12-19-20(13-17)36-24(27-19)35-15-22(33)25-16-7-3-1-4-8-16/h1-13H,14-15H2,(H,25,33)(H,26,32). The van der Waals surface area contributed by atoms with Gasteiger partial charge in [-0.05, 0) is 52.9 Å². The first-order chi connectivity index (χ1) is 17.6. The Labute approximate surface area is 218 Å². The highest BCUT2D eigenvalue weighted by molar-refractivity contribution is 8.01. The number of para-hydroxylation sites is 2. The van der Waals surface area contributed by atoms with Crippen LogP contribution in [0.3, 0.4) is 0 Å². The Bertz CT molecular complexity index is 1490. The Kier molecular flexibility index (Phi) is 7.55. The van der Waals surface area contributed by atoms with Crippen LogP contribution in [0.25, 0.3) is 15.9 Å². The minimum Gasteiger partial charge on any atom is -0.325 e. The third-order valence-corrected chi connectivity index (χ3v) is 7.89. The molecule has 0 spiro atoms. The highest BCUT2D eigenvalue weighted by Crippen LogP contribution is 2.31. The number of carbonyl (C=O) groups excluding carboxylic acids is 2. The van der Waals surface area contributed by atoms with Crippen LogP contribution in [0, 0.1) is 0 Å². The molecule has 2 N–H and O–H groups in total. The number of benzene rings is 3. The average molecular weight is 534 g/mol. The van der Waals surface area contributed by atoms with Crippen LogP contribution in [0.5, 0.6) is 0 Å². The summed E-state index contributed by atoms with van der Waals surface area (Å²) in [6, 6.07) is 24.4. The van der Waals surface area contributed by atoms with E-state index in [4.69, 9.17) is 0 Å². The van der Waals surface area contributed by atoms with E-state index >= 15 is 0 Å². The first-order valence-electron chi connectivity index (χ1n) is 10.8. The van der Waals surface area contributed by atoms with E-state index in [1.165, 1.54) is 34.9 Å². The third kappa shape index (κ3) is 6.08. The van der Waals surface area contributed by atoms with Gasteiger partial charge in [-0.15, -0.1) is 16.4 Å². The van der Waals surface area contributed by atoms with Gasteiger partial charge in [0.2, 0.25) is 17.0 Å². The van der Waals surface area contributed by atoms with Crippen molar-refractivity contribution in [2.24, 2.45) is 0 Å². The molecule has 2 heterocycles. The van der Waals surface area contributed by atoms with Crippen LogP contribution in [0.1, 0.15) is 0 Å². The molecule has 5 rings (SSSR count). The number of nitrogens with zero attached hydrogens (tertiary/aromatic N) is 5. The van der Waals surface area contributed by atoms with Crippen LogP contribution >= 0.6 is 34.9 Å². The van der Waals surface area contributed by atoms with Gasteiger partial charge in [0.05, 0.1) is 27.4 Å². The van der Waals surface area contributed by atoms with Crippen LogP contribution in [-0.4, -0.2) is 48.5 Å². The summed E-state index contributed by atoms with van der Waals surface area (Å²) in [5.74, 6) is 0.164. The lowest BCUT2D eigenvalue weighted by Gasteiger charge is -2.06. The molecule has 3 aromatic carbocycles. The van der Waals surface area contributed by atoms with Gasteiger partial charge in [-0.25, -0.2) is 4.98 Å². The topological polar surface area (TPSA) is 115 Å². The molecule has 5 aromatic rings. The molecule has 0 unspecified atom stereocenters. The highest BCUT2D eigenvalue weighted by atomic mass is 32.2. The fourth-order valence-corrected chi connectivity index (χ4v) is 5.81. The van der Waals surface area contributed by atoms with Crippen molar-refractivity contribution in [3.63, 3.8) is 0 Å². The smallest absolute Gasteiger partial charge is 0.234 e. The number of aromatic nitrogens is 5. The molecule has 0 aliphatic heterocycles. The number of amides is 2. The summed E-state index contributed by atoms with van der Waals surface area (Å²) in [5.41, 5.74) is 3.09. The molecule has 0 saturated heterocycles. The second-order valence-corrected chi connectivity index (χ2v) is 10.6. The number of fused-ring (bicyclic) bond motifs is 1. The Morgan fingerprint density at radius 2 is 1.53 bits per heavy atom. The van der Waals surface area contributed by atoms with E-state index in [-0.39, 0.29) is 23.3 Å². The van der Waals surface area contributed by atoms with E-state index < -0.39 is 0 Å². The molecule has 0 saturated carbocycles. The zero-order chi connectivity index (χ0) is 24.7. The summed E-state index contributed by atoms with van der Waals surface area (Å²) in [6.45, 7) is 0. The van der Waals surface area contributed by atoms with Gasteiger partial charge >= 0.3 is 0 Å². The lowest BCUT2D eigenvalue weighted by molar-refractivity contribution is -0.114. The summed E-state index contributed by atoms with van der Waals surface area (Å²) < 4.78 is 3.32. The second-order valence-electron chi connectivity index (χ2n) is 7.41. The van der Waals surface area contributed by atoms with Crippen molar-refractivity contribution < 1.29 is 9.59 Å². The maximum atomic E-state index is 12.6. The van der Waals surface area contributed by atoms with Crippen molar-refractivity contribution in [1.29, 1.82) is 0 Å². The third-order valence-electron chi connectivity index (χ3n) is 4.81. The summed E-state index contributed by atoms with van der Waals surface area (Å²) in [5, 5.41) is 18.1. The SMILES string of the molecule is O=C(CSc1nc2ccc(NC(=O)CSc3nnnn3-c3ccccc3)cc2s1)Nc1ccccc1. The van der Waals surface area contributed by atoms with Gasteiger partial charge in [-0.1, -0.05) is 59.9 Å². The summed E-state index contributed by atoms with van der Waals surface area (Å²) >= 11 is 4.12. The largest absolute Gasteiger partial charge is 0.325 e. The molecule has 180 valence electrons. The van der Waals surface area contributed by atoms with E-state index in [1.807, 2.05) is 78.9 Å². The maximum Gasteiger partial charge on any atom is 0.234 e. The molecule has 0 radical (unpaired) electrons. The van der Waals surface area contributed by atoms with Gasteiger partial charge in [0, 0.05) is 11.4 Å². The zero-order valence-electron chi connectivity index (χ0n) is 18.7. The number of hydrogen-bond donors (Lipinski definition) is 2. The maximum absolute atomic E-state index is 12.6. The lowest BCUT2D eigenvalue weighted by Crippen LogP contribution is -2.14. The highest BCUT2D eigenvalue weighted by Gasteiger charge is 2.13. The number of nitrogens with one attached hydrogen (secondary N) is 2.